The standard InChI is InChI=1S/C18H28N4O8/c19-9(13(23)7-15(25)26)3-1-5-11-17(29)22-12(18(30)21-11)6-2-4-10(20)14(24)8-16(27)28/h9-12H,1-8,19-20H2,(H,21,30)(H,22,29)(H,25,26)(H,27,28). The quantitative estimate of drug-likeness (QED) is 0.168. The first-order chi connectivity index (χ1) is 14.0. The Labute approximate surface area is 172 Å². The molecule has 0 radical (unpaired) electrons. The third kappa shape index (κ3) is 8.66. The van der Waals surface area contributed by atoms with Crippen molar-refractivity contribution < 1.29 is 39.0 Å². The second-order valence-electron chi connectivity index (χ2n) is 7.27. The van der Waals surface area contributed by atoms with Crippen LogP contribution in [-0.4, -0.2) is 69.7 Å². The Morgan fingerprint density at radius 3 is 1.40 bits per heavy atom. The maximum Gasteiger partial charge on any atom is 0.310 e. The first kappa shape index (κ1) is 25.2. The molecular weight excluding hydrogens is 400 g/mol. The summed E-state index contributed by atoms with van der Waals surface area (Å²) < 4.78 is 0. The van der Waals surface area contributed by atoms with E-state index in [1.807, 2.05) is 0 Å². The molecule has 1 fully saturated rings. The first-order valence-corrected chi connectivity index (χ1v) is 9.62. The molecule has 1 aliphatic heterocycles. The van der Waals surface area contributed by atoms with E-state index in [9.17, 15) is 28.8 Å². The van der Waals surface area contributed by atoms with E-state index in [4.69, 9.17) is 21.7 Å². The molecule has 1 aliphatic rings. The zero-order chi connectivity index (χ0) is 22.8. The Kier molecular flexibility index (Phi) is 10.1. The van der Waals surface area contributed by atoms with Gasteiger partial charge < -0.3 is 32.3 Å². The molecule has 0 aromatic carbocycles. The average Bonchev–Trinajstić information content (AvgIpc) is 2.63. The second-order valence-corrected chi connectivity index (χ2v) is 7.27. The van der Waals surface area contributed by atoms with Gasteiger partial charge in [-0.05, 0) is 38.5 Å². The van der Waals surface area contributed by atoms with Gasteiger partial charge in [-0.25, -0.2) is 0 Å². The highest BCUT2D eigenvalue weighted by atomic mass is 16.4. The van der Waals surface area contributed by atoms with Crippen molar-refractivity contribution in [1.29, 1.82) is 0 Å². The number of amides is 2. The highest BCUT2D eigenvalue weighted by molar-refractivity contribution is 5.98. The van der Waals surface area contributed by atoms with Crippen LogP contribution in [0.4, 0.5) is 0 Å². The Morgan fingerprint density at radius 1 is 0.767 bits per heavy atom. The number of ketones is 2. The largest absolute Gasteiger partial charge is 0.481 e. The molecule has 0 aromatic heterocycles. The van der Waals surface area contributed by atoms with Crippen LogP contribution in [0.15, 0.2) is 0 Å². The van der Waals surface area contributed by atoms with Gasteiger partial charge in [0.1, 0.15) is 24.9 Å². The van der Waals surface area contributed by atoms with Crippen molar-refractivity contribution in [2.45, 2.75) is 75.5 Å². The van der Waals surface area contributed by atoms with Gasteiger partial charge in [0.15, 0.2) is 11.6 Å². The molecule has 0 spiro atoms. The summed E-state index contributed by atoms with van der Waals surface area (Å²) in [5.41, 5.74) is 11.2. The Balaban J connectivity index is 2.36. The van der Waals surface area contributed by atoms with Crippen LogP contribution < -0.4 is 22.1 Å². The van der Waals surface area contributed by atoms with E-state index in [2.05, 4.69) is 10.6 Å². The van der Waals surface area contributed by atoms with Gasteiger partial charge in [0.25, 0.3) is 0 Å². The lowest BCUT2D eigenvalue weighted by Crippen LogP contribution is -2.61. The summed E-state index contributed by atoms with van der Waals surface area (Å²) in [6, 6.07) is -3.45. The van der Waals surface area contributed by atoms with Crippen molar-refractivity contribution in [2.24, 2.45) is 11.5 Å². The molecule has 0 aromatic rings. The molecule has 2 amide bonds. The molecule has 1 rings (SSSR count). The number of hydrogen-bond donors (Lipinski definition) is 6. The number of carbonyl (C=O) groups excluding carboxylic acids is 4. The number of carbonyl (C=O) groups is 6. The Bertz CT molecular complexity index is 638. The topological polar surface area (TPSA) is 219 Å². The summed E-state index contributed by atoms with van der Waals surface area (Å²) >= 11 is 0. The molecule has 168 valence electrons. The van der Waals surface area contributed by atoms with E-state index >= 15 is 0 Å². The monoisotopic (exact) mass is 428 g/mol. The number of Topliss-reactive ketones (excluding diaryl/α,β-unsaturated/α-hetero) is 2. The van der Waals surface area contributed by atoms with Crippen molar-refractivity contribution in [3.8, 4) is 0 Å². The van der Waals surface area contributed by atoms with Crippen molar-refractivity contribution in [3.63, 3.8) is 0 Å². The molecular formula is C18H28N4O8. The number of rotatable bonds is 14. The molecule has 0 aliphatic carbocycles. The lowest BCUT2D eigenvalue weighted by Gasteiger charge is -2.30. The fourth-order valence-corrected chi connectivity index (χ4v) is 3.05. The van der Waals surface area contributed by atoms with E-state index in [-0.39, 0.29) is 25.7 Å². The number of aliphatic carboxylic acids is 2. The maximum atomic E-state index is 12.2. The molecule has 0 saturated carbocycles. The predicted molar refractivity (Wildman–Crippen MR) is 102 cm³/mol. The highest BCUT2D eigenvalue weighted by Crippen LogP contribution is 2.12. The Morgan fingerprint density at radius 2 is 1.10 bits per heavy atom. The van der Waals surface area contributed by atoms with Gasteiger partial charge in [0.2, 0.25) is 11.8 Å². The molecule has 8 N–H and O–H groups in total. The Hall–Kier alpha value is -2.86. The molecule has 1 heterocycles. The zero-order valence-corrected chi connectivity index (χ0v) is 16.5. The summed E-state index contributed by atoms with van der Waals surface area (Å²) in [6.45, 7) is 0. The van der Waals surface area contributed by atoms with Crippen molar-refractivity contribution in [1.82, 2.24) is 10.6 Å². The van der Waals surface area contributed by atoms with Crippen LogP contribution >= 0.6 is 0 Å². The van der Waals surface area contributed by atoms with E-state index < -0.39 is 72.3 Å². The number of hydrogen-bond acceptors (Lipinski definition) is 8. The fourth-order valence-electron chi connectivity index (χ4n) is 3.05. The highest BCUT2D eigenvalue weighted by Gasteiger charge is 2.33. The van der Waals surface area contributed by atoms with Crippen LogP contribution in [0.1, 0.15) is 51.4 Å². The van der Waals surface area contributed by atoms with E-state index in [0.717, 1.165) is 0 Å². The number of nitrogens with two attached hydrogens (primary N) is 2. The van der Waals surface area contributed by atoms with Crippen LogP contribution in [0.25, 0.3) is 0 Å². The third-order valence-electron chi connectivity index (χ3n) is 4.76. The SMILES string of the molecule is NC(CCCC1NC(=O)C(CCCC(N)C(=O)CC(=O)O)NC1=O)C(=O)CC(=O)O. The van der Waals surface area contributed by atoms with Gasteiger partial charge in [-0.2, -0.15) is 0 Å². The summed E-state index contributed by atoms with van der Waals surface area (Å²) in [6.07, 6.45) is 0.241. The minimum Gasteiger partial charge on any atom is -0.481 e. The predicted octanol–water partition coefficient (Wildman–Crippen LogP) is -1.95. The van der Waals surface area contributed by atoms with E-state index in [1.165, 1.54) is 0 Å². The van der Waals surface area contributed by atoms with Gasteiger partial charge in [-0.15, -0.1) is 0 Å². The van der Waals surface area contributed by atoms with Gasteiger partial charge in [0.05, 0.1) is 12.1 Å². The van der Waals surface area contributed by atoms with Crippen LogP contribution in [0.3, 0.4) is 0 Å². The first-order valence-electron chi connectivity index (χ1n) is 9.62. The molecule has 0 bridgehead atoms. The van der Waals surface area contributed by atoms with Crippen molar-refractivity contribution >= 4 is 35.3 Å². The van der Waals surface area contributed by atoms with Gasteiger partial charge in [-0.1, -0.05) is 0 Å². The number of piperazine rings is 1. The van der Waals surface area contributed by atoms with Crippen LogP contribution in [0.5, 0.6) is 0 Å². The minimum absolute atomic E-state index is 0.192. The number of nitrogens with one attached hydrogen (secondary N) is 2. The summed E-state index contributed by atoms with van der Waals surface area (Å²) in [4.78, 5) is 68.4. The lowest BCUT2D eigenvalue weighted by atomic mass is 9.97. The maximum absolute atomic E-state index is 12.2. The normalized spacial score (nSPS) is 20.6. The summed E-state index contributed by atoms with van der Waals surface area (Å²) in [5.74, 6) is -4.49. The van der Waals surface area contributed by atoms with Crippen LogP contribution in [0, 0.1) is 0 Å². The van der Waals surface area contributed by atoms with Crippen LogP contribution in [-0.2, 0) is 28.8 Å². The van der Waals surface area contributed by atoms with E-state index in [1.54, 1.807) is 0 Å². The minimum atomic E-state index is -1.26. The molecule has 1 saturated heterocycles. The molecule has 30 heavy (non-hydrogen) atoms. The smallest absolute Gasteiger partial charge is 0.310 e. The zero-order valence-electron chi connectivity index (χ0n) is 16.5. The second kappa shape index (κ2) is 12.0. The average molecular weight is 428 g/mol. The lowest BCUT2D eigenvalue weighted by molar-refractivity contribution is -0.142. The van der Waals surface area contributed by atoms with E-state index in [0.29, 0.717) is 12.8 Å². The van der Waals surface area contributed by atoms with Crippen LogP contribution in [0.2, 0.25) is 0 Å². The molecule has 12 nitrogen and oxygen atoms in total. The van der Waals surface area contributed by atoms with Gasteiger partial charge >= 0.3 is 11.9 Å². The molecule has 4 unspecified atom stereocenters. The summed E-state index contributed by atoms with van der Waals surface area (Å²) in [7, 11) is 0. The fraction of sp³-hybridized carbons (Fsp3) is 0.667. The molecule has 4 atom stereocenters. The van der Waals surface area contributed by atoms with Gasteiger partial charge in [0, 0.05) is 0 Å². The molecule has 12 heteroatoms. The van der Waals surface area contributed by atoms with Gasteiger partial charge in [-0.3, -0.25) is 28.8 Å². The third-order valence-corrected chi connectivity index (χ3v) is 4.76. The van der Waals surface area contributed by atoms with Crippen molar-refractivity contribution in [3.05, 3.63) is 0 Å². The summed E-state index contributed by atoms with van der Waals surface area (Å²) in [5, 5.41) is 22.3. The number of carboxylic acids is 2. The van der Waals surface area contributed by atoms with Crippen molar-refractivity contribution in [2.75, 3.05) is 0 Å². The number of carboxylic acid groups (broad SMARTS) is 2.